The molecule has 0 aromatic carbocycles. The Bertz CT molecular complexity index is 336. The molecule has 0 saturated carbocycles. The lowest BCUT2D eigenvalue weighted by Gasteiger charge is -2.21. The number of hydrogen-bond acceptors (Lipinski definition) is 3. The van der Waals surface area contributed by atoms with Gasteiger partial charge in [-0.15, -0.1) is 0 Å². The Balaban J connectivity index is 2.34. The van der Waals surface area contributed by atoms with Crippen LogP contribution in [0.3, 0.4) is 0 Å². The van der Waals surface area contributed by atoms with E-state index in [4.69, 9.17) is 4.74 Å². The molecule has 16 heavy (non-hydrogen) atoms. The summed E-state index contributed by atoms with van der Waals surface area (Å²) in [6, 6.07) is 3.88. The first-order valence-electron chi connectivity index (χ1n) is 5.28. The number of carbonyl (C=O) groups excluding carboxylic acids is 1. The molecule has 0 saturated heterocycles. The molecule has 0 bridgehead atoms. The van der Waals surface area contributed by atoms with E-state index < -0.39 is 5.60 Å². The first-order valence-corrected chi connectivity index (χ1v) is 5.28. The van der Waals surface area contributed by atoms with Crippen LogP contribution in [0.2, 0.25) is 0 Å². The van der Waals surface area contributed by atoms with Crippen LogP contribution in [0.1, 0.15) is 19.4 Å². The van der Waals surface area contributed by atoms with Crippen molar-refractivity contribution < 1.29 is 9.53 Å². The van der Waals surface area contributed by atoms with Crippen LogP contribution in [0.15, 0.2) is 24.5 Å². The van der Waals surface area contributed by atoms with Crippen molar-refractivity contribution in [1.29, 1.82) is 0 Å². The van der Waals surface area contributed by atoms with Gasteiger partial charge < -0.3 is 10.1 Å². The summed E-state index contributed by atoms with van der Waals surface area (Å²) in [4.78, 5) is 15.6. The second-order valence-corrected chi connectivity index (χ2v) is 4.08. The number of pyridine rings is 1. The highest BCUT2D eigenvalue weighted by atomic mass is 16.5. The molecule has 0 atom stereocenters. The minimum atomic E-state index is -0.766. The number of rotatable bonds is 5. The van der Waals surface area contributed by atoms with Crippen molar-refractivity contribution in [3.63, 3.8) is 0 Å². The van der Waals surface area contributed by atoms with Crippen molar-refractivity contribution in [3.05, 3.63) is 30.1 Å². The van der Waals surface area contributed by atoms with Gasteiger partial charge in [0, 0.05) is 26.0 Å². The molecule has 0 aliphatic carbocycles. The van der Waals surface area contributed by atoms with Crippen molar-refractivity contribution in [3.8, 4) is 0 Å². The molecular formula is C12H18N2O2. The third kappa shape index (κ3) is 3.62. The summed E-state index contributed by atoms with van der Waals surface area (Å²) < 4.78 is 5.08. The van der Waals surface area contributed by atoms with Crippen LogP contribution in [0.5, 0.6) is 0 Å². The molecule has 1 N–H and O–H groups in total. The lowest BCUT2D eigenvalue weighted by Crippen LogP contribution is -2.44. The highest BCUT2D eigenvalue weighted by Gasteiger charge is 2.26. The topological polar surface area (TPSA) is 51.2 Å². The van der Waals surface area contributed by atoms with Crippen LogP contribution >= 0.6 is 0 Å². The Labute approximate surface area is 96.0 Å². The summed E-state index contributed by atoms with van der Waals surface area (Å²) in [5, 5.41) is 2.84. The maximum absolute atomic E-state index is 11.6. The van der Waals surface area contributed by atoms with Gasteiger partial charge >= 0.3 is 0 Å². The summed E-state index contributed by atoms with van der Waals surface area (Å²) in [6.45, 7) is 4.10. The van der Waals surface area contributed by atoms with Crippen LogP contribution in [0.25, 0.3) is 0 Å². The Morgan fingerprint density at radius 1 is 1.44 bits per heavy atom. The Kier molecular flexibility index (Phi) is 4.43. The molecule has 0 radical (unpaired) electrons. The zero-order chi connectivity index (χ0) is 12.0. The summed E-state index contributed by atoms with van der Waals surface area (Å²) in [5.41, 5.74) is 0.392. The third-order valence-electron chi connectivity index (χ3n) is 2.51. The number of nitrogens with one attached hydrogen (secondary N) is 1. The average molecular weight is 222 g/mol. The molecule has 88 valence electrons. The lowest BCUT2D eigenvalue weighted by atomic mass is 10.1. The number of hydrogen-bond donors (Lipinski definition) is 1. The zero-order valence-corrected chi connectivity index (χ0v) is 9.99. The van der Waals surface area contributed by atoms with Crippen LogP contribution in [-0.2, 0) is 16.0 Å². The highest BCUT2D eigenvalue weighted by molar-refractivity contribution is 5.84. The van der Waals surface area contributed by atoms with E-state index in [1.807, 2.05) is 12.1 Å². The molecule has 1 rings (SSSR count). The quantitative estimate of drug-likeness (QED) is 0.813. The van der Waals surface area contributed by atoms with E-state index in [0.717, 1.165) is 12.0 Å². The van der Waals surface area contributed by atoms with Crippen LogP contribution in [0.4, 0.5) is 0 Å². The molecule has 1 amide bonds. The zero-order valence-electron chi connectivity index (χ0n) is 9.99. The van der Waals surface area contributed by atoms with E-state index in [1.165, 1.54) is 7.11 Å². The number of ether oxygens (including phenoxy) is 1. The van der Waals surface area contributed by atoms with Gasteiger partial charge in [0.25, 0.3) is 5.91 Å². The number of methoxy groups -OCH3 is 1. The van der Waals surface area contributed by atoms with E-state index in [1.54, 1.807) is 26.2 Å². The minimum absolute atomic E-state index is 0.0935. The molecule has 0 unspecified atom stereocenters. The van der Waals surface area contributed by atoms with Gasteiger partial charge in [0.2, 0.25) is 0 Å². The predicted octanol–water partition coefficient (Wildman–Crippen LogP) is 1.17. The second-order valence-electron chi connectivity index (χ2n) is 4.08. The largest absolute Gasteiger partial charge is 0.369 e. The summed E-state index contributed by atoms with van der Waals surface area (Å²) in [5.74, 6) is -0.0935. The van der Waals surface area contributed by atoms with Gasteiger partial charge in [0.15, 0.2) is 0 Å². The molecule has 1 aromatic heterocycles. The fraction of sp³-hybridized carbons (Fsp3) is 0.500. The van der Waals surface area contributed by atoms with Crippen molar-refractivity contribution in [2.45, 2.75) is 25.9 Å². The maximum Gasteiger partial charge on any atom is 0.251 e. The summed E-state index contributed by atoms with van der Waals surface area (Å²) in [7, 11) is 1.53. The summed E-state index contributed by atoms with van der Waals surface area (Å²) in [6.07, 6.45) is 4.29. The third-order valence-corrected chi connectivity index (χ3v) is 2.51. The number of nitrogens with zero attached hydrogens (tertiary/aromatic N) is 1. The molecule has 0 fully saturated rings. The van der Waals surface area contributed by atoms with Crippen LogP contribution in [-0.4, -0.2) is 30.1 Å². The Morgan fingerprint density at radius 2 is 2.06 bits per heavy atom. The van der Waals surface area contributed by atoms with E-state index >= 15 is 0 Å². The van der Waals surface area contributed by atoms with Gasteiger partial charge in [-0.1, -0.05) is 0 Å². The van der Waals surface area contributed by atoms with Crippen LogP contribution in [0, 0.1) is 0 Å². The van der Waals surface area contributed by atoms with Gasteiger partial charge in [-0.05, 0) is 38.0 Å². The van der Waals surface area contributed by atoms with Crippen LogP contribution < -0.4 is 5.32 Å². The normalized spacial score (nSPS) is 11.2. The van der Waals surface area contributed by atoms with E-state index in [0.29, 0.717) is 6.54 Å². The Hall–Kier alpha value is -1.42. The van der Waals surface area contributed by atoms with Gasteiger partial charge in [-0.2, -0.15) is 0 Å². The number of carbonyl (C=O) groups is 1. The first-order chi connectivity index (χ1) is 7.56. The smallest absolute Gasteiger partial charge is 0.251 e. The Morgan fingerprint density at radius 3 is 2.62 bits per heavy atom. The fourth-order valence-corrected chi connectivity index (χ4v) is 1.18. The SMILES string of the molecule is COC(C)(C)C(=O)NCCc1ccncc1. The molecule has 1 aromatic rings. The molecule has 1 heterocycles. The molecule has 0 aliphatic heterocycles. The molecule has 4 heteroatoms. The standard InChI is InChI=1S/C12H18N2O2/c1-12(2,16-3)11(15)14-9-6-10-4-7-13-8-5-10/h4-5,7-8H,6,9H2,1-3H3,(H,14,15). The monoisotopic (exact) mass is 222 g/mol. The minimum Gasteiger partial charge on any atom is -0.369 e. The average Bonchev–Trinajstić information content (AvgIpc) is 2.30. The number of amides is 1. The van der Waals surface area contributed by atoms with Gasteiger partial charge in [-0.25, -0.2) is 0 Å². The second kappa shape index (κ2) is 5.61. The first kappa shape index (κ1) is 12.6. The molecule has 4 nitrogen and oxygen atoms in total. The van der Waals surface area contributed by atoms with E-state index in [-0.39, 0.29) is 5.91 Å². The van der Waals surface area contributed by atoms with Crippen molar-refractivity contribution in [2.24, 2.45) is 0 Å². The maximum atomic E-state index is 11.6. The molecule has 0 aliphatic rings. The van der Waals surface area contributed by atoms with E-state index in [2.05, 4.69) is 10.3 Å². The molecular weight excluding hydrogens is 204 g/mol. The number of aromatic nitrogens is 1. The fourth-order valence-electron chi connectivity index (χ4n) is 1.18. The highest BCUT2D eigenvalue weighted by Crippen LogP contribution is 2.06. The summed E-state index contributed by atoms with van der Waals surface area (Å²) >= 11 is 0. The predicted molar refractivity (Wildman–Crippen MR) is 62.0 cm³/mol. The van der Waals surface area contributed by atoms with Crippen molar-refractivity contribution >= 4 is 5.91 Å². The van der Waals surface area contributed by atoms with Gasteiger partial charge in [0.05, 0.1) is 0 Å². The lowest BCUT2D eigenvalue weighted by molar-refractivity contribution is -0.139. The molecule has 0 spiro atoms. The van der Waals surface area contributed by atoms with Gasteiger partial charge in [0.1, 0.15) is 5.60 Å². The van der Waals surface area contributed by atoms with Crippen molar-refractivity contribution in [2.75, 3.05) is 13.7 Å². The van der Waals surface area contributed by atoms with Gasteiger partial charge in [-0.3, -0.25) is 9.78 Å². The van der Waals surface area contributed by atoms with E-state index in [9.17, 15) is 4.79 Å². The van der Waals surface area contributed by atoms with Crippen molar-refractivity contribution in [1.82, 2.24) is 10.3 Å².